The van der Waals surface area contributed by atoms with Crippen molar-refractivity contribution in [3.05, 3.63) is 32.4 Å². The van der Waals surface area contributed by atoms with Crippen LogP contribution < -0.4 is 5.32 Å². The van der Waals surface area contributed by atoms with Crippen LogP contribution in [-0.2, 0) is 0 Å². The average molecular weight is 336 g/mol. The summed E-state index contributed by atoms with van der Waals surface area (Å²) < 4.78 is 0.985. The molecule has 0 aromatic heterocycles. The highest BCUT2D eigenvalue weighted by Crippen LogP contribution is 2.20. The molecule has 0 unspecified atom stereocenters. The number of hydrogen-bond acceptors (Lipinski definition) is 1. The zero-order chi connectivity index (χ0) is 10.8. The summed E-state index contributed by atoms with van der Waals surface area (Å²) >= 11 is 8.05. The van der Waals surface area contributed by atoms with Gasteiger partial charge in [0, 0.05) is 20.2 Å². The predicted molar refractivity (Wildman–Crippen MR) is 69.3 cm³/mol. The van der Waals surface area contributed by atoms with Gasteiger partial charge in [0.25, 0.3) is 5.91 Å². The van der Waals surface area contributed by atoms with Crippen molar-refractivity contribution in [3.63, 3.8) is 0 Å². The maximum atomic E-state index is 11.8. The molecular formula is C11H11ClINO. The van der Waals surface area contributed by atoms with Crippen molar-refractivity contribution in [1.29, 1.82) is 0 Å². The zero-order valence-electron chi connectivity index (χ0n) is 8.09. The monoisotopic (exact) mass is 335 g/mol. The van der Waals surface area contributed by atoms with Gasteiger partial charge in [-0.1, -0.05) is 11.6 Å². The molecule has 1 amide bonds. The van der Waals surface area contributed by atoms with Crippen molar-refractivity contribution in [3.8, 4) is 0 Å². The van der Waals surface area contributed by atoms with Crippen LogP contribution in [0.3, 0.4) is 0 Å². The van der Waals surface area contributed by atoms with Gasteiger partial charge in [-0.2, -0.15) is 0 Å². The van der Waals surface area contributed by atoms with Crippen molar-refractivity contribution >= 4 is 40.1 Å². The number of carbonyl (C=O) groups excluding carboxylic acids is 1. The quantitative estimate of drug-likeness (QED) is 0.826. The summed E-state index contributed by atoms with van der Waals surface area (Å²) in [6.45, 7) is 0. The van der Waals surface area contributed by atoms with Crippen LogP contribution in [-0.4, -0.2) is 11.9 Å². The summed E-state index contributed by atoms with van der Waals surface area (Å²) in [4.78, 5) is 11.8. The molecule has 1 aromatic rings. The highest BCUT2D eigenvalue weighted by atomic mass is 127. The summed E-state index contributed by atoms with van der Waals surface area (Å²) in [5, 5.41) is 3.60. The molecule has 0 bridgehead atoms. The number of benzene rings is 1. The van der Waals surface area contributed by atoms with Gasteiger partial charge in [0.2, 0.25) is 0 Å². The van der Waals surface area contributed by atoms with E-state index in [2.05, 4.69) is 27.9 Å². The first-order chi connectivity index (χ1) is 7.15. The summed E-state index contributed by atoms with van der Waals surface area (Å²) in [7, 11) is 0. The van der Waals surface area contributed by atoms with Gasteiger partial charge in [-0.15, -0.1) is 0 Å². The van der Waals surface area contributed by atoms with Crippen LogP contribution in [0.4, 0.5) is 0 Å². The fourth-order valence-electron chi connectivity index (χ4n) is 1.51. The van der Waals surface area contributed by atoms with E-state index in [9.17, 15) is 4.79 Å². The van der Waals surface area contributed by atoms with Gasteiger partial charge in [0.15, 0.2) is 0 Å². The van der Waals surface area contributed by atoms with Gasteiger partial charge in [-0.25, -0.2) is 0 Å². The molecule has 2 rings (SSSR count). The number of nitrogens with one attached hydrogen (secondary N) is 1. The van der Waals surface area contributed by atoms with Crippen LogP contribution in [0.2, 0.25) is 5.02 Å². The Labute approximate surface area is 108 Å². The Morgan fingerprint density at radius 3 is 2.67 bits per heavy atom. The van der Waals surface area contributed by atoms with E-state index in [4.69, 9.17) is 11.6 Å². The number of amides is 1. The molecule has 0 saturated heterocycles. The lowest BCUT2D eigenvalue weighted by atomic mass is 9.93. The van der Waals surface area contributed by atoms with Crippen molar-refractivity contribution < 1.29 is 4.79 Å². The minimum absolute atomic E-state index is 0.0138. The molecule has 4 heteroatoms. The molecule has 2 nitrogen and oxygen atoms in total. The van der Waals surface area contributed by atoms with E-state index < -0.39 is 0 Å². The second-order valence-corrected chi connectivity index (χ2v) is 5.44. The standard InChI is InChI=1S/C11H11ClINO/c12-8-4-7(5-9(13)6-8)11(15)14-10-2-1-3-10/h4-6,10H,1-3H2,(H,14,15). The molecule has 15 heavy (non-hydrogen) atoms. The molecule has 0 atom stereocenters. The molecule has 0 spiro atoms. The minimum atomic E-state index is -0.0138. The van der Waals surface area contributed by atoms with Crippen LogP contribution in [0.5, 0.6) is 0 Å². The van der Waals surface area contributed by atoms with Crippen LogP contribution in [0.15, 0.2) is 18.2 Å². The maximum absolute atomic E-state index is 11.8. The van der Waals surface area contributed by atoms with Crippen molar-refractivity contribution in [1.82, 2.24) is 5.32 Å². The topological polar surface area (TPSA) is 29.1 Å². The van der Waals surface area contributed by atoms with E-state index in [1.54, 1.807) is 6.07 Å². The molecule has 0 radical (unpaired) electrons. The van der Waals surface area contributed by atoms with Gasteiger partial charge in [0.1, 0.15) is 0 Å². The number of carbonyl (C=O) groups is 1. The van der Waals surface area contributed by atoms with E-state index in [1.165, 1.54) is 6.42 Å². The summed E-state index contributed by atoms with van der Waals surface area (Å²) in [6, 6.07) is 5.76. The van der Waals surface area contributed by atoms with Crippen molar-refractivity contribution in [2.45, 2.75) is 25.3 Å². The highest BCUT2D eigenvalue weighted by molar-refractivity contribution is 14.1. The largest absolute Gasteiger partial charge is 0.349 e. The second kappa shape index (κ2) is 4.70. The number of rotatable bonds is 2. The molecule has 0 aliphatic heterocycles. The lowest BCUT2D eigenvalue weighted by Crippen LogP contribution is -2.39. The maximum Gasteiger partial charge on any atom is 0.251 e. The van der Waals surface area contributed by atoms with Gasteiger partial charge in [0.05, 0.1) is 0 Å². The first-order valence-corrected chi connectivity index (χ1v) is 6.38. The Balaban J connectivity index is 2.10. The molecule has 1 aromatic carbocycles. The molecule has 0 heterocycles. The Bertz CT molecular complexity index is 370. The molecule has 1 saturated carbocycles. The van der Waals surface area contributed by atoms with Crippen LogP contribution in [0, 0.1) is 3.57 Å². The fourth-order valence-corrected chi connectivity index (χ4v) is 2.60. The van der Waals surface area contributed by atoms with Crippen molar-refractivity contribution in [2.75, 3.05) is 0 Å². The summed E-state index contributed by atoms with van der Waals surface area (Å²) in [5.74, 6) is -0.0138. The van der Waals surface area contributed by atoms with Crippen LogP contribution in [0.25, 0.3) is 0 Å². The first kappa shape index (κ1) is 11.2. The van der Waals surface area contributed by atoms with E-state index in [0.29, 0.717) is 16.6 Å². The van der Waals surface area contributed by atoms with Crippen LogP contribution >= 0.6 is 34.2 Å². The lowest BCUT2D eigenvalue weighted by Gasteiger charge is -2.26. The Kier molecular flexibility index (Phi) is 3.51. The molecule has 1 N–H and O–H groups in total. The van der Waals surface area contributed by atoms with E-state index in [-0.39, 0.29) is 5.91 Å². The zero-order valence-corrected chi connectivity index (χ0v) is 11.0. The average Bonchev–Trinajstić information content (AvgIpc) is 2.09. The molecular weight excluding hydrogens is 324 g/mol. The third-order valence-corrected chi connectivity index (χ3v) is 3.41. The second-order valence-electron chi connectivity index (χ2n) is 3.76. The summed E-state index contributed by atoms with van der Waals surface area (Å²) in [6.07, 6.45) is 3.42. The predicted octanol–water partition coefficient (Wildman–Crippen LogP) is 3.23. The van der Waals surface area contributed by atoms with Crippen LogP contribution in [0.1, 0.15) is 29.6 Å². The van der Waals surface area contributed by atoms with Crippen molar-refractivity contribution in [2.24, 2.45) is 0 Å². The third-order valence-electron chi connectivity index (χ3n) is 2.57. The lowest BCUT2D eigenvalue weighted by molar-refractivity contribution is 0.0917. The molecule has 80 valence electrons. The fraction of sp³-hybridized carbons (Fsp3) is 0.364. The number of halogens is 2. The van der Waals surface area contributed by atoms with E-state index in [0.717, 1.165) is 16.4 Å². The van der Waals surface area contributed by atoms with Gasteiger partial charge >= 0.3 is 0 Å². The normalized spacial score (nSPS) is 15.9. The summed E-state index contributed by atoms with van der Waals surface area (Å²) in [5.41, 5.74) is 0.652. The Hall–Kier alpha value is -0.290. The molecule has 1 aliphatic carbocycles. The Morgan fingerprint density at radius 2 is 2.13 bits per heavy atom. The van der Waals surface area contributed by atoms with E-state index >= 15 is 0 Å². The molecule has 1 fully saturated rings. The van der Waals surface area contributed by atoms with Gasteiger partial charge < -0.3 is 5.32 Å². The van der Waals surface area contributed by atoms with Gasteiger partial charge in [-0.05, 0) is 60.1 Å². The first-order valence-electron chi connectivity index (χ1n) is 4.92. The third kappa shape index (κ3) is 2.84. The smallest absolute Gasteiger partial charge is 0.251 e. The SMILES string of the molecule is O=C(NC1CCC1)c1cc(Cl)cc(I)c1. The highest BCUT2D eigenvalue weighted by Gasteiger charge is 2.20. The van der Waals surface area contributed by atoms with Gasteiger partial charge in [-0.3, -0.25) is 4.79 Å². The Morgan fingerprint density at radius 1 is 1.40 bits per heavy atom. The van der Waals surface area contributed by atoms with E-state index in [1.807, 2.05) is 12.1 Å². The minimum Gasteiger partial charge on any atom is -0.349 e. The number of hydrogen-bond donors (Lipinski definition) is 1. The molecule has 1 aliphatic rings.